The summed E-state index contributed by atoms with van der Waals surface area (Å²) in [6.07, 6.45) is 13.3. The summed E-state index contributed by atoms with van der Waals surface area (Å²) in [5.74, 6) is 0. The Kier molecular flexibility index (Phi) is 13.4. The number of aryl methyl sites for hydroxylation is 2. The van der Waals surface area contributed by atoms with E-state index in [4.69, 9.17) is 5.73 Å². The van der Waals surface area contributed by atoms with Crippen molar-refractivity contribution in [3.63, 3.8) is 0 Å². The first-order chi connectivity index (χ1) is 11.9. The fourth-order valence-corrected chi connectivity index (χ4v) is 2.81. The van der Waals surface area contributed by atoms with Gasteiger partial charge in [0.1, 0.15) is 0 Å². The molecule has 0 bridgehead atoms. The van der Waals surface area contributed by atoms with Gasteiger partial charge in [0.25, 0.3) is 0 Å². The SMILES string of the molecule is C/C=C(\C)CN(C)C1CCC(N)CC1.CCC.CCc1cn(C)cn1. The summed E-state index contributed by atoms with van der Waals surface area (Å²) in [5, 5.41) is 0. The summed E-state index contributed by atoms with van der Waals surface area (Å²) >= 11 is 0. The van der Waals surface area contributed by atoms with Crippen LogP contribution in [-0.4, -0.2) is 40.1 Å². The number of aromatic nitrogens is 2. The fraction of sp³-hybridized carbons (Fsp3) is 0.762. The molecule has 2 N–H and O–H groups in total. The third-order valence-electron chi connectivity index (χ3n) is 4.48. The van der Waals surface area contributed by atoms with Gasteiger partial charge in [-0.05, 0) is 53.0 Å². The Labute approximate surface area is 156 Å². The highest BCUT2D eigenvalue weighted by Crippen LogP contribution is 2.21. The zero-order valence-electron chi connectivity index (χ0n) is 17.8. The Morgan fingerprint density at radius 2 is 1.84 bits per heavy atom. The Balaban J connectivity index is 0.000000440. The molecule has 1 heterocycles. The molecule has 2 rings (SSSR count). The van der Waals surface area contributed by atoms with Crippen molar-refractivity contribution in [1.29, 1.82) is 0 Å². The smallest absolute Gasteiger partial charge is 0.0946 e. The molecule has 1 fully saturated rings. The van der Waals surface area contributed by atoms with Crippen LogP contribution < -0.4 is 5.73 Å². The van der Waals surface area contributed by atoms with Crippen LogP contribution in [0.3, 0.4) is 0 Å². The fourth-order valence-electron chi connectivity index (χ4n) is 2.81. The van der Waals surface area contributed by atoms with E-state index < -0.39 is 0 Å². The second-order valence-electron chi connectivity index (χ2n) is 7.21. The molecule has 1 aliphatic rings. The predicted octanol–water partition coefficient (Wildman–Crippen LogP) is 4.55. The topological polar surface area (TPSA) is 47.1 Å². The molecule has 146 valence electrons. The minimum absolute atomic E-state index is 0.461. The molecule has 0 atom stereocenters. The number of likely N-dealkylation sites (N-methyl/N-ethyl adjacent to an activating group) is 1. The molecule has 1 aromatic rings. The van der Waals surface area contributed by atoms with Gasteiger partial charge in [-0.3, -0.25) is 4.90 Å². The van der Waals surface area contributed by atoms with Crippen molar-refractivity contribution in [2.45, 2.75) is 85.2 Å². The Hall–Kier alpha value is -1.13. The van der Waals surface area contributed by atoms with Gasteiger partial charge in [-0.25, -0.2) is 4.98 Å². The van der Waals surface area contributed by atoms with Crippen molar-refractivity contribution >= 4 is 0 Å². The van der Waals surface area contributed by atoms with Crippen molar-refractivity contribution in [2.75, 3.05) is 13.6 Å². The molecular weight excluding hydrogens is 308 g/mol. The largest absolute Gasteiger partial charge is 0.340 e. The first kappa shape index (κ1) is 23.9. The third-order valence-corrected chi connectivity index (χ3v) is 4.48. The minimum Gasteiger partial charge on any atom is -0.340 e. The first-order valence-electron chi connectivity index (χ1n) is 9.92. The molecule has 0 spiro atoms. The van der Waals surface area contributed by atoms with Gasteiger partial charge < -0.3 is 10.3 Å². The maximum atomic E-state index is 5.89. The van der Waals surface area contributed by atoms with Gasteiger partial charge in [0.2, 0.25) is 0 Å². The lowest BCUT2D eigenvalue weighted by Gasteiger charge is -2.33. The van der Waals surface area contributed by atoms with Crippen LogP contribution in [0, 0.1) is 0 Å². The number of nitrogens with zero attached hydrogens (tertiary/aromatic N) is 3. The first-order valence-corrected chi connectivity index (χ1v) is 9.92. The molecule has 0 aliphatic heterocycles. The second kappa shape index (κ2) is 14.1. The van der Waals surface area contributed by atoms with Crippen molar-refractivity contribution in [2.24, 2.45) is 12.8 Å². The molecule has 1 aliphatic carbocycles. The molecule has 25 heavy (non-hydrogen) atoms. The number of hydrogen-bond acceptors (Lipinski definition) is 3. The van der Waals surface area contributed by atoms with E-state index in [1.807, 2.05) is 24.1 Å². The number of hydrogen-bond donors (Lipinski definition) is 1. The van der Waals surface area contributed by atoms with E-state index in [0.717, 1.165) is 24.7 Å². The van der Waals surface area contributed by atoms with Gasteiger partial charge in [0.05, 0.1) is 12.0 Å². The van der Waals surface area contributed by atoms with Gasteiger partial charge in [0, 0.05) is 31.9 Å². The lowest BCUT2D eigenvalue weighted by Crippen LogP contribution is -2.39. The van der Waals surface area contributed by atoms with Crippen molar-refractivity contribution in [3.05, 3.63) is 29.9 Å². The van der Waals surface area contributed by atoms with Crippen LogP contribution in [-0.2, 0) is 13.5 Å². The number of allylic oxidation sites excluding steroid dienone is 1. The summed E-state index contributed by atoms with van der Waals surface area (Å²) < 4.78 is 1.96. The highest BCUT2D eigenvalue weighted by molar-refractivity contribution is 4.99. The molecule has 0 aromatic carbocycles. The highest BCUT2D eigenvalue weighted by atomic mass is 15.1. The quantitative estimate of drug-likeness (QED) is 0.810. The predicted molar refractivity (Wildman–Crippen MR) is 111 cm³/mol. The van der Waals surface area contributed by atoms with Crippen molar-refractivity contribution in [1.82, 2.24) is 14.5 Å². The van der Waals surface area contributed by atoms with Crippen LogP contribution in [0.5, 0.6) is 0 Å². The highest BCUT2D eigenvalue weighted by Gasteiger charge is 2.21. The minimum atomic E-state index is 0.461. The average molecular weight is 351 g/mol. The van der Waals surface area contributed by atoms with E-state index in [2.05, 4.69) is 57.6 Å². The number of nitrogens with two attached hydrogens (primary N) is 1. The Morgan fingerprint density at radius 3 is 2.20 bits per heavy atom. The molecule has 0 saturated heterocycles. The second-order valence-corrected chi connectivity index (χ2v) is 7.21. The number of imidazole rings is 1. The Bertz CT molecular complexity index is 456. The maximum absolute atomic E-state index is 5.89. The van der Waals surface area contributed by atoms with Crippen LogP contribution in [0.1, 0.15) is 72.4 Å². The van der Waals surface area contributed by atoms with Crippen LogP contribution >= 0.6 is 0 Å². The normalized spacial score (nSPS) is 20.4. The summed E-state index contributed by atoms with van der Waals surface area (Å²) in [4.78, 5) is 6.57. The zero-order valence-corrected chi connectivity index (χ0v) is 17.8. The van der Waals surface area contributed by atoms with Crippen LogP contribution in [0.2, 0.25) is 0 Å². The maximum Gasteiger partial charge on any atom is 0.0946 e. The molecular formula is C21H42N4. The van der Waals surface area contributed by atoms with Crippen molar-refractivity contribution in [3.8, 4) is 0 Å². The van der Waals surface area contributed by atoms with Gasteiger partial charge in [-0.2, -0.15) is 0 Å². The van der Waals surface area contributed by atoms with E-state index >= 15 is 0 Å². The van der Waals surface area contributed by atoms with E-state index in [-0.39, 0.29) is 0 Å². The molecule has 1 aromatic heterocycles. The Morgan fingerprint density at radius 1 is 1.28 bits per heavy atom. The van der Waals surface area contributed by atoms with Gasteiger partial charge >= 0.3 is 0 Å². The van der Waals surface area contributed by atoms with Crippen LogP contribution in [0.25, 0.3) is 0 Å². The molecule has 0 unspecified atom stereocenters. The standard InChI is InChI=1S/C12H24N2.C6H10N2.C3H8/c1-4-10(2)9-14(3)12-7-5-11(13)6-8-12;1-3-6-4-8(2)5-7-6;1-3-2/h4,11-12H,5-9,13H2,1-3H3;4-5H,3H2,1-2H3;3H2,1-2H3/b10-4+;;. The summed E-state index contributed by atoms with van der Waals surface area (Å²) in [6.45, 7) is 11.8. The average Bonchev–Trinajstić information content (AvgIpc) is 3.02. The summed E-state index contributed by atoms with van der Waals surface area (Å²) in [5.41, 5.74) is 8.51. The van der Waals surface area contributed by atoms with Gasteiger partial charge in [-0.15, -0.1) is 0 Å². The lowest BCUT2D eigenvalue weighted by molar-refractivity contribution is 0.195. The monoisotopic (exact) mass is 350 g/mol. The van der Waals surface area contributed by atoms with Gasteiger partial charge in [-0.1, -0.05) is 38.8 Å². The molecule has 0 radical (unpaired) electrons. The van der Waals surface area contributed by atoms with Crippen LogP contribution in [0.15, 0.2) is 24.2 Å². The van der Waals surface area contributed by atoms with Crippen molar-refractivity contribution < 1.29 is 0 Å². The van der Waals surface area contributed by atoms with E-state index in [1.54, 1.807) is 0 Å². The number of rotatable bonds is 4. The van der Waals surface area contributed by atoms with E-state index in [0.29, 0.717) is 6.04 Å². The molecule has 0 amide bonds. The van der Waals surface area contributed by atoms with E-state index in [9.17, 15) is 0 Å². The summed E-state index contributed by atoms with van der Waals surface area (Å²) in [6, 6.07) is 1.21. The molecule has 4 heteroatoms. The van der Waals surface area contributed by atoms with Crippen LogP contribution in [0.4, 0.5) is 0 Å². The molecule has 4 nitrogen and oxygen atoms in total. The van der Waals surface area contributed by atoms with E-state index in [1.165, 1.54) is 37.7 Å². The lowest BCUT2D eigenvalue weighted by atomic mass is 9.91. The molecule has 1 saturated carbocycles. The third kappa shape index (κ3) is 11.2. The van der Waals surface area contributed by atoms with Gasteiger partial charge in [0.15, 0.2) is 0 Å². The summed E-state index contributed by atoms with van der Waals surface area (Å²) in [7, 11) is 4.21. The zero-order chi connectivity index (χ0) is 19.2.